The SMILES string of the molecule is O=C(COC(=O)CCc1nc(-c2cccs2)no1)Nc1ccc2c(c1)OCO2. The molecule has 1 aliphatic heterocycles. The molecule has 2 aromatic heterocycles. The van der Waals surface area contributed by atoms with Gasteiger partial charge in [0.25, 0.3) is 5.91 Å². The summed E-state index contributed by atoms with van der Waals surface area (Å²) in [7, 11) is 0. The van der Waals surface area contributed by atoms with Gasteiger partial charge in [0, 0.05) is 18.2 Å². The molecule has 9 nitrogen and oxygen atoms in total. The summed E-state index contributed by atoms with van der Waals surface area (Å²) in [5.41, 5.74) is 0.525. The molecule has 4 rings (SSSR count). The highest BCUT2D eigenvalue weighted by Gasteiger charge is 2.15. The third-order valence-corrected chi connectivity index (χ3v) is 4.64. The van der Waals surface area contributed by atoms with Gasteiger partial charge in [-0.1, -0.05) is 11.2 Å². The fourth-order valence-electron chi connectivity index (χ4n) is 2.46. The summed E-state index contributed by atoms with van der Waals surface area (Å²) >= 11 is 1.50. The van der Waals surface area contributed by atoms with E-state index in [0.717, 1.165) is 4.88 Å². The van der Waals surface area contributed by atoms with Crippen molar-refractivity contribution in [3.63, 3.8) is 0 Å². The fraction of sp³-hybridized carbons (Fsp3) is 0.222. The number of hydrogen-bond acceptors (Lipinski definition) is 9. The molecule has 1 aliphatic rings. The molecule has 0 saturated carbocycles. The average Bonchev–Trinajstić information content (AvgIpc) is 3.45. The zero-order valence-electron chi connectivity index (χ0n) is 14.5. The van der Waals surface area contributed by atoms with E-state index in [1.807, 2.05) is 17.5 Å². The van der Waals surface area contributed by atoms with Crippen molar-refractivity contribution in [3.8, 4) is 22.2 Å². The molecule has 1 N–H and O–H groups in total. The minimum atomic E-state index is -0.531. The van der Waals surface area contributed by atoms with Crippen LogP contribution >= 0.6 is 11.3 Å². The van der Waals surface area contributed by atoms with Crippen LogP contribution in [0, 0.1) is 0 Å². The van der Waals surface area contributed by atoms with Gasteiger partial charge in [0.05, 0.1) is 11.3 Å². The monoisotopic (exact) mass is 401 g/mol. The number of carbonyl (C=O) groups excluding carboxylic acids is 2. The Balaban J connectivity index is 1.20. The van der Waals surface area contributed by atoms with Gasteiger partial charge in [-0.05, 0) is 23.6 Å². The molecule has 1 amide bonds. The van der Waals surface area contributed by atoms with Crippen molar-refractivity contribution in [2.24, 2.45) is 0 Å². The third-order valence-electron chi connectivity index (χ3n) is 3.77. The molecule has 3 heterocycles. The van der Waals surface area contributed by atoms with E-state index in [1.54, 1.807) is 18.2 Å². The minimum absolute atomic E-state index is 0.0311. The molecule has 0 spiro atoms. The lowest BCUT2D eigenvalue weighted by atomic mass is 10.3. The highest BCUT2D eigenvalue weighted by Crippen LogP contribution is 2.34. The maximum atomic E-state index is 11.9. The van der Waals surface area contributed by atoms with E-state index in [9.17, 15) is 9.59 Å². The van der Waals surface area contributed by atoms with Crippen molar-refractivity contribution in [1.29, 1.82) is 0 Å². The Morgan fingerprint density at radius 2 is 2.11 bits per heavy atom. The Morgan fingerprint density at radius 1 is 1.21 bits per heavy atom. The van der Waals surface area contributed by atoms with Crippen molar-refractivity contribution >= 4 is 28.9 Å². The highest BCUT2D eigenvalue weighted by atomic mass is 32.1. The topological polar surface area (TPSA) is 113 Å². The minimum Gasteiger partial charge on any atom is -0.456 e. The van der Waals surface area contributed by atoms with E-state index < -0.39 is 18.5 Å². The first-order valence-corrected chi connectivity index (χ1v) is 9.27. The Kier molecular flexibility index (Phi) is 5.20. The van der Waals surface area contributed by atoms with Crippen LogP contribution in [0.25, 0.3) is 10.7 Å². The first-order chi connectivity index (χ1) is 13.7. The van der Waals surface area contributed by atoms with Crippen LogP contribution in [0.3, 0.4) is 0 Å². The standard InChI is InChI=1S/C18H15N3O6S/c22-15(19-11-3-4-12-13(8-11)26-10-25-12)9-24-17(23)6-5-16-20-18(21-27-16)14-2-1-7-28-14/h1-4,7-8H,5-6,9-10H2,(H,19,22). The van der Waals surface area contributed by atoms with Crippen LogP contribution in [0.15, 0.2) is 40.2 Å². The normalized spacial score (nSPS) is 12.0. The molecular weight excluding hydrogens is 386 g/mol. The Bertz CT molecular complexity index is 985. The largest absolute Gasteiger partial charge is 0.456 e. The number of benzene rings is 1. The summed E-state index contributed by atoms with van der Waals surface area (Å²) < 4.78 is 20.5. The zero-order chi connectivity index (χ0) is 19.3. The summed E-state index contributed by atoms with van der Waals surface area (Å²) in [5.74, 6) is 1.01. The number of fused-ring (bicyclic) bond motifs is 1. The molecule has 1 aromatic carbocycles. The molecule has 28 heavy (non-hydrogen) atoms. The van der Waals surface area contributed by atoms with Gasteiger partial charge >= 0.3 is 5.97 Å². The van der Waals surface area contributed by atoms with Gasteiger partial charge in [0.2, 0.25) is 18.5 Å². The molecule has 0 aliphatic carbocycles. The van der Waals surface area contributed by atoms with Crippen LogP contribution in [0.2, 0.25) is 0 Å². The van der Waals surface area contributed by atoms with E-state index in [-0.39, 0.29) is 19.6 Å². The molecule has 10 heteroatoms. The zero-order valence-corrected chi connectivity index (χ0v) is 15.4. The average molecular weight is 401 g/mol. The van der Waals surface area contributed by atoms with Crippen LogP contribution in [0.4, 0.5) is 5.69 Å². The van der Waals surface area contributed by atoms with E-state index in [1.165, 1.54) is 11.3 Å². The van der Waals surface area contributed by atoms with Crippen LogP contribution < -0.4 is 14.8 Å². The third kappa shape index (κ3) is 4.29. The Hall–Kier alpha value is -3.40. The smallest absolute Gasteiger partial charge is 0.306 e. The molecule has 144 valence electrons. The molecular formula is C18H15N3O6S. The number of thiophene rings is 1. The number of carbonyl (C=O) groups is 2. The van der Waals surface area contributed by atoms with Gasteiger partial charge in [-0.25, -0.2) is 0 Å². The maximum absolute atomic E-state index is 11.9. The molecule has 0 radical (unpaired) electrons. The molecule has 0 bridgehead atoms. The second kappa shape index (κ2) is 8.09. The number of esters is 1. The molecule has 0 atom stereocenters. The first-order valence-electron chi connectivity index (χ1n) is 8.39. The van der Waals surface area contributed by atoms with E-state index in [2.05, 4.69) is 15.5 Å². The second-order valence-electron chi connectivity index (χ2n) is 5.77. The quantitative estimate of drug-likeness (QED) is 0.601. The Morgan fingerprint density at radius 3 is 2.96 bits per heavy atom. The number of ether oxygens (including phenoxy) is 3. The van der Waals surface area contributed by atoms with Gasteiger partial charge in [-0.3, -0.25) is 9.59 Å². The summed E-state index contributed by atoms with van der Waals surface area (Å²) in [6.45, 7) is -0.239. The van der Waals surface area contributed by atoms with Gasteiger partial charge < -0.3 is 24.1 Å². The lowest BCUT2D eigenvalue weighted by Crippen LogP contribution is -2.21. The number of aromatic nitrogens is 2. The predicted molar refractivity (Wildman–Crippen MR) is 98.1 cm³/mol. The molecule has 0 fully saturated rings. The molecule has 3 aromatic rings. The van der Waals surface area contributed by atoms with Gasteiger partial charge in [0.15, 0.2) is 18.1 Å². The number of anilines is 1. The van der Waals surface area contributed by atoms with Crippen molar-refractivity contribution < 1.29 is 28.3 Å². The van der Waals surface area contributed by atoms with E-state index >= 15 is 0 Å². The summed E-state index contributed by atoms with van der Waals surface area (Å²) in [4.78, 5) is 28.9. The molecule has 0 saturated heterocycles. The summed E-state index contributed by atoms with van der Waals surface area (Å²) in [6.07, 6.45) is 0.268. The Labute approximate surface area is 163 Å². The van der Waals surface area contributed by atoms with Crippen molar-refractivity contribution in [1.82, 2.24) is 10.1 Å². The maximum Gasteiger partial charge on any atom is 0.306 e. The number of amides is 1. The second-order valence-corrected chi connectivity index (χ2v) is 6.71. The first kappa shape index (κ1) is 18.0. The lowest BCUT2D eigenvalue weighted by molar-refractivity contribution is -0.147. The van der Waals surface area contributed by atoms with Gasteiger partial charge in [-0.15, -0.1) is 11.3 Å². The van der Waals surface area contributed by atoms with Gasteiger partial charge in [-0.2, -0.15) is 4.98 Å². The van der Waals surface area contributed by atoms with Crippen LogP contribution in [0.5, 0.6) is 11.5 Å². The number of hydrogen-bond donors (Lipinski definition) is 1. The van der Waals surface area contributed by atoms with Crippen molar-refractivity contribution in [2.45, 2.75) is 12.8 Å². The van der Waals surface area contributed by atoms with Crippen molar-refractivity contribution in [2.75, 3.05) is 18.7 Å². The van der Waals surface area contributed by atoms with Crippen molar-refractivity contribution in [3.05, 3.63) is 41.6 Å². The number of rotatable bonds is 7. The lowest BCUT2D eigenvalue weighted by Gasteiger charge is -2.07. The van der Waals surface area contributed by atoms with Crippen LogP contribution in [-0.2, 0) is 20.7 Å². The van der Waals surface area contributed by atoms with E-state index in [0.29, 0.717) is 28.9 Å². The number of nitrogens with zero attached hydrogens (tertiary/aromatic N) is 2. The molecule has 0 unspecified atom stereocenters. The number of aryl methyl sites for hydroxylation is 1. The fourth-order valence-corrected chi connectivity index (χ4v) is 3.11. The highest BCUT2D eigenvalue weighted by molar-refractivity contribution is 7.13. The summed E-state index contributed by atoms with van der Waals surface area (Å²) in [6, 6.07) is 8.78. The van der Waals surface area contributed by atoms with Crippen LogP contribution in [0.1, 0.15) is 12.3 Å². The predicted octanol–water partition coefficient (Wildman–Crippen LogP) is 2.64. The van der Waals surface area contributed by atoms with E-state index in [4.69, 9.17) is 18.7 Å². The van der Waals surface area contributed by atoms with Crippen LogP contribution in [-0.4, -0.2) is 35.4 Å². The van der Waals surface area contributed by atoms with Gasteiger partial charge in [0.1, 0.15) is 0 Å². The summed E-state index contributed by atoms with van der Waals surface area (Å²) in [5, 5.41) is 8.41. The number of nitrogens with one attached hydrogen (secondary N) is 1.